The number of hydrogen-bond donors (Lipinski definition) is 1. The van der Waals surface area contributed by atoms with Crippen LogP contribution in [0.25, 0.3) is 11.0 Å². The molecule has 1 fully saturated rings. The van der Waals surface area contributed by atoms with E-state index in [0.717, 1.165) is 44.2 Å². The van der Waals surface area contributed by atoms with Gasteiger partial charge < -0.3 is 14.5 Å². The average Bonchev–Trinajstić information content (AvgIpc) is 2.80. The molecule has 2 heterocycles. The van der Waals surface area contributed by atoms with Crippen LogP contribution in [0.4, 0.5) is 0 Å². The highest BCUT2D eigenvalue weighted by molar-refractivity contribution is 5.82. The molecule has 0 bridgehead atoms. The lowest BCUT2D eigenvalue weighted by atomic mass is 10.1. The third kappa shape index (κ3) is 2.59. The Labute approximate surface area is 119 Å². The summed E-state index contributed by atoms with van der Waals surface area (Å²) < 4.78 is 11.5. The quantitative estimate of drug-likeness (QED) is 0.929. The van der Waals surface area contributed by atoms with Gasteiger partial charge in [-0.25, -0.2) is 0 Å². The molecule has 108 valence electrons. The Balaban J connectivity index is 1.93. The minimum Gasteiger partial charge on any atom is -0.459 e. The van der Waals surface area contributed by atoms with Crippen LogP contribution in [0.1, 0.15) is 18.2 Å². The lowest BCUT2D eigenvalue weighted by Gasteiger charge is -2.33. The lowest BCUT2D eigenvalue weighted by molar-refractivity contribution is -0.00443. The van der Waals surface area contributed by atoms with Crippen LogP contribution < -0.4 is 5.32 Å². The molecule has 1 aliphatic heterocycles. The number of nitrogens with zero attached hydrogens (tertiary/aromatic N) is 1. The van der Waals surface area contributed by atoms with Gasteiger partial charge in [0, 0.05) is 30.1 Å². The van der Waals surface area contributed by atoms with Crippen molar-refractivity contribution in [1.82, 2.24) is 10.2 Å². The topological polar surface area (TPSA) is 37.6 Å². The first-order valence-electron chi connectivity index (χ1n) is 7.25. The zero-order valence-electron chi connectivity index (χ0n) is 12.2. The summed E-state index contributed by atoms with van der Waals surface area (Å²) in [6.45, 7) is 6.54. The predicted molar refractivity (Wildman–Crippen MR) is 79.7 cm³/mol. The predicted octanol–water partition coefficient (Wildman–Crippen LogP) is 2.37. The number of hydrogen-bond acceptors (Lipinski definition) is 4. The van der Waals surface area contributed by atoms with Gasteiger partial charge in [-0.1, -0.05) is 18.2 Å². The molecule has 1 unspecified atom stereocenters. The van der Waals surface area contributed by atoms with Gasteiger partial charge in [-0.2, -0.15) is 0 Å². The van der Waals surface area contributed by atoms with Crippen molar-refractivity contribution in [2.75, 3.05) is 26.8 Å². The Morgan fingerprint density at radius 2 is 2.20 bits per heavy atom. The number of benzene rings is 1. The molecular formula is C16H22N2O2. The molecule has 1 N–H and O–H groups in total. The molecule has 3 rings (SSSR count). The normalized spacial score (nSPS) is 20.6. The fourth-order valence-electron chi connectivity index (χ4n) is 2.83. The Bertz CT molecular complexity index is 579. The van der Waals surface area contributed by atoms with Crippen molar-refractivity contribution in [1.29, 1.82) is 0 Å². The van der Waals surface area contributed by atoms with Crippen LogP contribution in [-0.4, -0.2) is 37.7 Å². The van der Waals surface area contributed by atoms with E-state index < -0.39 is 0 Å². The molecule has 0 amide bonds. The van der Waals surface area contributed by atoms with E-state index in [1.807, 2.05) is 19.2 Å². The van der Waals surface area contributed by atoms with Crippen molar-refractivity contribution < 1.29 is 9.15 Å². The van der Waals surface area contributed by atoms with Crippen LogP contribution in [0.15, 0.2) is 28.7 Å². The minimum absolute atomic E-state index is 0.458. The van der Waals surface area contributed by atoms with Crippen molar-refractivity contribution in [3.63, 3.8) is 0 Å². The summed E-state index contributed by atoms with van der Waals surface area (Å²) in [7, 11) is 1.95. The van der Waals surface area contributed by atoms with Crippen LogP contribution in [0.3, 0.4) is 0 Å². The number of furan rings is 1. The summed E-state index contributed by atoms with van der Waals surface area (Å²) in [5, 5.41) is 4.43. The van der Waals surface area contributed by atoms with Crippen LogP contribution in [-0.2, 0) is 17.8 Å². The van der Waals surface area contributed by atoms with Gasteiger partial charge in [-0.05, 0) is 20.0 Å². The van der Waals surface area contributed by atoms with Crippen molar-refractivity contribution in [3.05, 3.63) is 35.6 Å². The van der Waals surface area contributed by atoms with E-state index in [2.05, 4.69) is 29.3 Å². The van der Waals surface area contributed by atoms with E-state index in [9.17, 15) is 0 Å². The number of nitrogens with one attached hydrogen (secondary N) is 1. The number of ether oxygens (including phenoxy) is 1. The third-order valence-corrected chi connectivity index (χ3v) is 3.99. The standard InChI is InChI=1S/C16H22N2O2/c1-12-11-19-8-7-18(12)10-14-13-5-3-4-6-15(13)20-16(14)9-17-2/h3-6,12,17H,7-11H2,1-2H3. The molecule has 1 aromatic carbocycles. The second-order valence-electron chi connectivity index (χ2n) is 5.42. The fourth-order valence-corrected chi connectivity index (χ4v) is 2.83. The molecule has 1 aliphatic rings. The zero-order valence-corrected chi connectivity index (χ0v) is 12.2. The molecule has 0 aliphatic carbocycles. The number of morpholine rings is 1. The maximum Gasteiger partial charge on any atom is 0.134 e. The van der Waals surface area contributed by atoms with Gasteiger partial charge in [-0.3, -0.25) is 4.90 Å². The van der Waals surface area contributed by atoms with E-state index in [-0.39, 0.29) is 0 Å². The van der Waals surface area contributed by atoms with Gasteiger partial charge in [-0.15, -0.1) is 0 Å². The average molecular weight is 274 g/mol. The van der Waals surface area contributed by atoms with Gasteiger partial charge >= 0.3 is 0 Å². The number of para-hydroxylation sites is 1. The molecule has 0 spiro atoms. The van der Waals surface area contributed by atoms with Gasteiger partial charge in [0.2, 0.25) is 0 Å². The molecule has 4 heteroatoms. The molecule has 4 nitrogen and oxygen atoms in total. The first-order chi connectivity index (χ1) is 9.79. The van der Waals surface area contributed by atoms with E-state index in [4.69, 9.17) is 9.15 Å². The third-order valence-electron chi connectivity index (χ3n) is 3.99. The summed E-state index contributed by atoms with van der Waals surface area (Å²) in [6.07, 6.45) is 0. The SMILES string of the molecule is CNCc1oc2ccccc2c1CN1CCOCC1C. The van der Waals surface area contributed by atoms with Crippen molar-refractivity contribution in [2.24, 2.45) is 0 Å². The van der Waals surface area contributed by atoms with E-state index >= 15 is 0 Å². The van der Waals surface area contributed by atoms with Gasteiger partial charge in [0.25, 0.3) is 0 Å². The van der Waals surface area contributed by atoms with E-state index in [1.54, 1.807) is 0 Å². The summed E-state index contributed by atoms with van der Waals surface area (Å²) in [6, 6.07) is 8.75. The van der Waals surface area contributed by atoms with Crippen molar-refractivity contribution in [3.8, 4) is 0 Å². The highest BCUT2D eigenvalue weighted by Crippen LogP contribution is 2.28. The summed E-state index contributed by atoms with van der Waals surface area (Å²) in [5.74, 6) is 1.05. The smallest absolute Gasteiger partial charge is 0.134 e. The van der Waals surface area contributed by atoms with Gasteiger partial charge in [0.1, 0.15) is 11.3 Å². The van der Waals surface area contributed by atoms with E-state index in [0.29, 0.717) is 6.04 Å². The first kappa shape index (κ1) is 13.6. The highest BCUT2D eigenvalue weighted by atomic mass is 16.5. The van der Waals surface area contributed by atoms with Crippen LogP contribution in [0.2, 0.25) is 0 Å². The van der Waals surface area contributed by atoms with Crippen LogP contribution >= 0.6 is 0 Å². The fraction of sp³-hybridized carbons (Fsp3) is 0.500. The van der Waals surface area contributed by atoms with Crippen molar-refractivity contribution >= 4 is 11.0 Å². The minimum atomic E-state index is 0.458. The molecular weight excluding hydrogens is 252 g/mol. The molecule has 1 aromatic heterocycles. The Morgan fingerprint density at radius 1 is 1.35 bits per heavy atom. The molecule has 0 radical (unpaired) electrons. The van der Waals surface area contributed by atoms with Crippen LogP contribution in [0, 0.1) is 0 Å². The first-order valence-corrected chi connectivity index (χ1v) is 7.25. The maximum absolute atomic E-state index is 6.00. The number of fused-ring (bicyclic) bond motifs is 1. The second kappa shape index (κ2) is 5.95. The summed E-state index contributed by atoms with van der Waals surface area (Å²) >= 11 is 0. The summed E-state index contributed by atoms with van der Waals surface area (Å²) in [5.41, 5.74) is 2.29. The van der Waals surface area contributed by atoms with Gasteiger partial charge in [0.05, 0.1) is 19.8 Å². The molecule has 2 aromatic rings. The Morgan fingerprint density at radius 3 is 3.00 bits per heavy atom. The van der Waals surface area contributed by atoms with Gasteiger partial charge in [0.15, 0.2) is 0 Å². The monoisotopic (exact) mass is 274 g/mol. The molecule has 0 saturated carbocycles. The molecule has 20 heavy (non-hydrogen) atoms. The molecule has 1 saturated heterocycles. The molecule has 1 atom stereocenters. The Hall–Kier alpha value is -1.36. The largest absolute Gasteiger partial charge is 0.459 e. The Kier molecular flexibility index (Phi) is 4.05. The maximum atomic E-state index is 6.00. The zero-order chi connectivity index (χ0) is 13.9. The van der Waals surface area contributed by atoms with Crippen LogP contribution in [0.5, 0.6) is 0 Å². The second-order valence-corrected chi connectivity index (χ2v) is 5.42. The number of rotatable bonds is 4. The van der Waals surface area contributed by atoms with Crippen molar-refractivity contribution in [2.45, 2.75) is 26.1 Å². The summed E-state index contributed by atoms with van der Waals surface area (Å²) in [4.78, 5) is 2.47. The lowest BCUT2D eigenvalue weighted by Crippen LogP contribution is -2.43. The highest BCUT2D eigenvalue weighted by Gasteiger charge is 2.22. The van der Waals surface area contributed by atoms with E-state index in [1.165, 1.54) is 10.9 Å².